The van der Waals surface area contributed by atoms with Gasteiger partial charge in [-0.1, -0.05) is 23.2 Å². The predicted molar refractivity (Wildman–Crippen MR) is 235 cm³/mol. The Morgan fingerprint density at radius 2 is 1.28 bits per heavy atom. The number of nitrogens with two attached hydrogens (primary N) is 1. The molecule has 5 rings (SSSR count). The van der Waals surface area contributed by atoms with E-state index in [0.29, 0.717) is 18.0 Å². The van der Waals surface area contributed by atoms with E-state index in [1.807, 2.05) is 26.8 Å². The monoisotopic (exact) mass is 886 g/mol. The molecule has 19 heteroatoms. The fraction of sp³-hybridized carbons (Fsp3) is 0.524. The van der Waals surface area contributed by atoms with Crippen molar-refractivity contribution in [3.05, 3.63) is 46.7 Å². The number of anilines is 6. The van der Waals surface area contributed by atoms with E-state index in [9.17, 15) is 19.2 Å². The lowest BCUT2D eigenvalue weighted by Gasteiger charge is -2.55. The molecule has 2 fully saturated rings. The van der Waals surface area contributed by atoms with E-state index in [0.717, 1.165) is 42.8 Å². The molecule has 61 heavy (non-hydrogen) atoms. The van der Waals surface area contributed by atoms with Crippen LogP contribution in [0.2, 0.25) is 10.0 Å². The van der Waals surface area contributed by atoms with Crippen LogP contribution >= 0.6 is 23.2 Å². The van der Waals surface area contributed by atoms with Crippen molar-refractivity contribution in [2.24, 2.45) is 5.41 Å². The summed E-state index contributed by atoms with van der Waals surface area (Å²) < 4.78 is 27.8. The Bertz CT molecular complexity index is 2120. The van der Waals surface area contributed by atoms with Crippen LogP contribution in [-0.2, 0) is 14.2 Å². The molecule has 2 saturated heterocycles. The van der Waals surface area contributed by atoms with Gasteiger partial charge in [-0.2, -0.15) is 4.90 Å². The molecule has 0 unspecified atom stereocenters. The van der Waals surface area contributed by atoms with Crippen molar-refractivity contribution in [1.82, 2.24) is 14.9 Å². The zero-order chi connectivity index (χ0) is 45.4. The van der Waals surface area contributed by atoms with E-state index >= 15 is 0 Å². The molecule has 2 N–H and O–H groups in total. The summed E-state index contributed by atoms with van der Waals surface area (Å²) >= 11 is 13.4. The van der Waals surface area contributed by atoms with Crippen molar-refractivity contribution in [1.29, 1.82) is 0 Å². The lowest BCUT2D eigenvalue weighted by atomic mass is 9.72. The number of imide groups is 1. The number of halogens is 2. The van der Waals surface area contributed by atoms with Crippen molar-refractivity contribution in [3.63, 3.8) is 0 Å². The molecule has 0 atom stereocenters. The van der Waals surface area contributed by atoms with Crippen molar-refractivity contribution in [2.75, 3.05) is 72.8 Å². The summed E-state index contributed by atoms with van der Waals surface area (Å²) in [5.74, 6) is 0.0909. The largest absolute Gasteiger partial charge is 0.495 e. The summed E-state index contributed by atoms with van der Waals surface area (Å²) in [5.41, 5.74) is 5.36. The van der Waals surface area contributed by atoms with E-state index in [1.165, 1.54) is 38.3 Å². The quantitative estimate of drug-likeness (QED) is 0.175. The standard InChI is InChI=1S/C42H56Cl2N8O9/c1-39(2,3)59-36(54)49-17-15-42(16-18-49)22-50(23-42)25-13-14-27(26(45)19-25)51(37(55)60-40(4,5)6)31-21-30(46-24-47-31)48(10)35(53)52(38(56)61-41(7,8)9)34-32(43)28(57-11)20-29(58-12)33(34)44/h13-14,19-21,24H,15-18,22-23,45H2,1-12H3. The highest BCUT2D eigenvalue weighted by Gasteiger charge is 2.46. The highest BCUT2D eigenvalue weighted by Crippen LogP contribution is 2.48. The van der Waals surface area contributed by atoms with Crippen LogP contribution in [0.15, 0.2) is 36.7 Å². The first-order valence-electron chi connectivity index (χ1n) is 19.7. The minimum Gasteiger partial charge on any atom is -0.495 e. The number of amides is 5. The second-order valence-electron chi connectivity index (χ2n) is 18.0. The molecule has 3 aromatic rings. The number of methoxy groups -OCH3 is 2. The number of aromatic nitrogens is 2. The summed E-state index contributed by atoms with van der Waals surface area (Å²) in [6, 6.07) is 7.12. The molecule has 3 heterocycles. The highest BCUT2D eigenvalue weighted by molar-refractivity contribution is 6.43. The smallest absolute Gasteiger partial charge is 0.423 e. The summed E-state index contributed by atoms with van der Waals surface area (Å²) in [7, 11) is 4.06. The summed E-state index contributed by atoms with van der Waals surface area (Å²) in [4.78, 5) is 70.5. The Balaban J connectivity index is 1.45. The summed E-state index contributed by atoms with van der Waals surface area (Å²) in [5, 5.41) is -0.340. The number of ether oxygens (including phenoxy) is 5. The van der Waals surface area contributed by atoms with E-state index in [2.05, 4.69) is 14.9 Å². The van der Waals surface area contributed by atoms with Gasteiger partial charge in [-0.05, 0) is 93.4 Å². The molecule has 1 spiro atoms. The summed E-state index contributed by atoms with van der Waals surface area (Å²) in [6.07, 6.45) is 0.634. The number of carbonyl (C=O) groups excluding carboxylic acids is 4. The summed E-state index contributed by atoms with van der Waals surface area (Å²) in [6.45, 7) is 18.4. The second kappa shape index (κ2) is 17.5. The first-order valence-corrected chi connectivity index (χ1v) is 20.4. The van der Waals surface area contributed by atoms with Crippen LogP contribution in [0.3, 0.4) is 0 Å². The average Bonchev–Trinajstić information content (AvgIpc) is 3.14. The molecular weight excluding hydrogens is 831 g/mol. The van der Waals surface area contributed by atoms with Gasteiger partial charge in [0, 0.05) is 56.5 Å². The second-order valence-corrected chi connectivity index (χ2v) is 18.8. The van der Waals surface area contributed by atoms with Crippen LogP contribution < -0.4 is 34.8 Å². The number of likely N-dealkylation sites (tertiary alicyclic amines) is 1. The number of benzene rings is 2. The molecule has 0 bridgehead atoms. The molecule has 332 valence electrons. The molecule has 2 aromatic carbocycles. The average molecular weight is 888 g/mol. The van der Waals surface area contributed by atoms with E-state index < -0.39 is 35.0 Å². The number of hydrogen-bond donors (Lipinski definition) is 1. The maximum absolute atomic E-state index is 14.5. The van der Waals surface area contributed by atoms with E-state index in [1.54, 1.807) is 58.6 Å². The van der Waals surface area contributed by atoms with Crippen molar-refractivity contribution >= 4 is 81.9 Å². The number of piperidine rings is 1. The molecule has 1 aromatic heterocycles. The third kappa shape index (κ3) is 10.7. The first kappa shape index (κ1) is 46.6. The van der Waals surface area contributed by atoms with Gasteiger partial charge < -0.3 is 39.2 Å². The van der Waals surface area contributed by atoms with Gasteiger partial charge in [0.15, 0.2) is 0 Å². The molecule has 5 amide bonds. The van der Waals surface area contributed by atoms with Gasteiger partial charge in [0.25, 0.3) is 0 Å². The molecule has 0 radical (unpaired) electrons. The Labute approximate surface area is 366 Å². The maximum atomic E-state index is 14.5. The van der Waals surface area contributed by atoms with Gasteiger partial charge in [-0.25, -0.2) is 34.0 Å². The lowest BCUT2D eigenvalue weighted by molar-refractivity contribution is 0.00593. The van der Waals surface area contributed by atoms with Gasteiger partial charge in [0.05, 0.1) is 25.6 Å². The van der Waals surface area contributed by atoms with Gasteiger partial charge in [-0.3, -0.25) is 4.90 Å². The molecular formula is C42H56Cl2N8O9. The third-order valence-electron chi connectivity index (χ3n) is 9.76. The van der Waals surface area contributed by atoms with Crippen LogP contribution in [-0.4, -0.2) is 103 Å². The molecule has 17 nitrogen and oxygen atoms in total. The van der Waals surface area contributed by atoms with E-state index in [4.69, 9.17) is 52.6 Å². The number of rotatable bonds is 7. The highest BCUT2D eigenvalue weighted by atomic mass is 35.5. The molecule has 2 aliphatic rings. The number of nitrogen functional groups attached to an aromatic ring is 1. The maximum Gasteiger partial charge on any atom is 0.423 e. The third-order valence-corrected chi connectivity index (χ3v) is 10.5. The zero-order valence-electron chi connectivity index (χ0n) is 36.8. The zero-order valence-corrected chi connectivity index (χ0v) is 38.4. The lowest BCUT2D eigenvalue weighted by Crippen LogP contribution is -2.61. The number of hydrogen-bond acceptors (Lipinski definition) is 13. The molecule has 2 aliphatic heterocycles. The fourth-order valence-electron chi connectivity index (χ4n) is 6.85. The number of nitrogens with zero attached hydrogens (tertiary/aromatic N) is 7. The van der Waals surface area contributed by atoms with Crippen molar-refractivity contribution < 1.29 is 42.9 Å². The Kier molecular flexibility index (Phi) is 13.4. The molecule has 0 saturated carbocycles. The number of urea groups is 1. The van der Waals surface area contributed by atoms with Crippen LogP contribution in [0.25, 0.3) is 0 Å². The predicted octanol–water partition coefficient (Wildman–Crippen LogP) is 9.29. The SMILES string of the molecule is COc1cc(OC)c(Cl)c(N(C(=O)OC(C)(C)C)C(=O)N(C)c2cc(N(C(=O)OC(C)(C)C)c3ccc(N4CC5(CCN(C(=O)OC(C)(C)C)CC5)C4)cc3N)ncn2)c1Cl. The van der Waals surface area contributed by atoms with Crippen molar-refractivity contribution in [3.8, 4) is 11.5 Å². The topological polar surface area (TPSA) is 182 Å². The number of carbonyl (C=O) groups is 4. The fourth-order valence-corrected chi connectivity index (χ4v) is 7.52. The minimum absolute atomic E-state index is 0.000864. The van der Waals surface area contributed by atoms with Crippen LogP contribution in [0.5, 0.6) is 11.5 Å². The Morgan fingerprint density at radius 1 is 0.754 bits per heavy atom. The van der Waals surface area contributed by atoms with Crippen LogP contribution in [0, 0.1) is 5.41 Å². The van der Waals surface area contributed by atoms with Crippen LogP contribution in [0.4, 0.5) is 53.6 Å². The van der Waals surface area contributed by atoms with Gasteiger partial charge in [0.1, 0.15) is 62.0 Å². The Morgan fingerprint density at radius 3 is 1.79 bits per heavy atom. The van der Waals surface area contributed by atoms with Crippen molar-refractivity contribution in [2.45, 2.75) is 92.0 Å². The normalized spacial score (nSPS) is 15.0. The molecule has 0 aliphatic carbocycles. The Hall–Kier alpha value is -5.42. The van der Waals surface area contributed by atoms with Gasteiger partial charge >= 0.3 is 24.3 Å². The minimum atomic E-state index is -1.11. The van der Waals surface area contributed by atoms with E-state index in [-0.39, 0.29) is 61.8 Å². The van der Waals surface area contributed by atoms with Crippen LogP contribution in [0.1, 0.15) is 75.2 Å². The van der Waals surface area contributed by atoms with Gasteiger partial charge in [-0.15, -0.1) is 0 Å². The first-order chi connectivity index (χ1) is 28.3. The van der Waals surface area contributed by atoms with Gasteiger partial charge in [0.2, 0.25) is 0 Å².